The van der Waals surface area contributed by atoms with E-state index in [1.807, 2.05) is 6.07 Å². The minimum absolute atomic E-state index is 0.252. The van der Waals surface area contributed by atoms with E-state index in [4.69, 9.17) is 11.0 Å². The molecule has 0 saturated heterocycles. The highest BCUT2D eigenvalue weighted by Crippen LogP contribution is 2.17. The van der Waals surface area contributed by atoms with E-state index in [0.717, 1.165) is 11.3 Å². The maximum Gasteiger partial charge on any atom is 0.123 e. The molecule has 18 heavy (non-hydrogen) atoms. The van der Waals surface area contributed by atoms with Crippen molar-refractivity contribution < 1.29 is 4.39 Å². The number of nitrogens with zero attached hydrogens (tertiary/aromatic N) is 1. The van der Waals surface area contributed by atoms with Crippen LogP contribution in [0.5, 0.6) is 0 Å². The number of nitrogens with one attached hydrogen (secondary N) is 1. The first-order valence-corrected chi connectivity index (χ1v) is 5.47. The third-order valence-electron chi connectivity index (χ3n) is 2.58. The molecule has 2 aromatic carbocycles. The van der Waals surface area contributed by atoms with Crippen LogP contribution >= 0.6 is 0 Å². The highest BCUT2D eigenvalue weighted by molar-refractivity contribution is 5.61. The second-order valence-corrected chi connectivity index (χ2v) is 3.89. The van der Waals surface area contributed by atoms with E-state index in [-0.39, 0.29) is 5.82 Å². The first kappa shape index (κ1) is 11.9. The summed E-state index contributed by atoms with van der Waals surface area (Å²) in [6.07, 6.45) is 0. The van der Waals surface area contributed by atoms with Crippen molar-refractivity contribution in [2.45, 2.75) is 6.54 Å². The highest BCUT2D eigenvalue weighted by atomic mass is 19.1. The molecule has 0 saturated carbocycles. The van der Waals surface area contributed by atoms with Crippen LogP contribution in [0.2, 0.25) is 0 Å². The van der Waals surface area contributed by atoms with Crippen LogP contribution in [0.25, 0.3) is 0 Å². The molecule has 0 spiro atoms. The first-order chi connectivity index (χ1) is 8.69. The summed E-state index contributed by atoms with van der Waals surface area (Å²) < 4.78 is 12.7. The Kier molecular flexibility index (Phi) is 3.44. The molecule has 4 heteroatoms. The molecule has 0 aromatic heterocycles. The fourth-order valence-corrected chi connectivity index (χ4v) is 1.57. The number of nitrogen functional groups attached to an aromatic ring is 1. The third kappa shape index (κ3) is 2.77. The Balaban J connectivity index is 2.06. The zero-order valence-electron chi connectivity index (χ0n) is 9.65. The quantitative estimate of drug-likeness (QED) is 0.812. The Morgan fingerprint density at radius 2 is 1.89 bits per heavy atom. The first-order valence-electron chi connectivity index (χ1n) is 5.47. The average molecular weight is 241 g/mol. The fourth-order valence-electron chi connectivity index (χ4n) is 1.57. The van der Waals surface area contributed by atoms with Gasteiger partial charge in [0.1, 0.15) is 11.9 Å². The summed E-state index contributed by atoms with van der Waals surface area (Å²) in [4.78, 5) is 0. The number of nitrogens with two attached hydrogens (primary N) is 1. The van der Waals surface area contributed by atoms with E-state index in [9.17, 15) is 4.39 Å². The van der Waals surface area contributed by atoms with Gasteiger partial charge in [0.05, 0.1) is 5.56 Å². The molecule has 0 fully saturated rings. The van der Waals surface area contributed by atoms with Gasteiger partial charge in [0, 0.05) is 17.9 Å². The average Bonchev–Trinajstić information content (AvgIpc) is 2.39. The Bertz CT molecular complexity index is 585. The molecule has 0 radical (unpaired) electrons. The molecule has 0 aliphatic heterocycles. The lowest BCUT2D eigenvalue weighted by molar-refractivity contribution is 0.627. The van der Waals surface area contributed by atoms with Gasteiger partial charge in [-0.2, -0.15) is 5.26 Å². The van der Waals surface area contributed by atoms with Gasteiger partial charge < -0.3 is 11.1 Å². The van der Waals surface area contributed by atoms with Crippen molar-refractivity contribution in [3.05, 3.63) is 59.4 Å². The molecule has 90 valence electrons. The van der Waals surface area contributed by atoms with Gasteiger partial charge in [-0.15, -0.1) is 0 Å². The predicted octanol–water partition coefficient (Wildman–Crippen LogP) is 2.89. The number of anilines is 2. The molecule has 0 aliphatic rings. The van der Waals surface area contributed by atoms with Gasteiger partial charge in [-0.05, 0) is 35.9 Å². The van der Waals surface area contributed by atoms with Gasteiger partial charge in [0.25, 0.3) is 0 Å². The van der Waals surface area contributed by atoms with Gasteiger partial charge in [0.2, 0.25) is 0 Å². The van der Waals surface area contributed by atoms with E-state index in [0.29, 0.717) is 17.8 Å². The molecule has 2 rings (SSSR count). The van der Waals surface area contributed by atoms with Crippen molar-refractivity contribution in [2.24, 2.45) is 0 Å². The number of rotatable bonds is 3. The molecule has 0 unspecified atom stereocenters. The van der Waals surface area contributed by atoms with E-state index >= 15 is 0 Å². The second kappa shape index (κ2) is 5.19. The Morgan fingerprint density at radius 1 is 1.17 bits per heavy atom. The maximum atomic E-state index is 12.7. The lowest BCUT2D eigenvalue weighted by atomic mass is 10.1. The topological polar surface area (TPSA) is 61.8 Å². The van der Waals surface area contributed by atoms with E-state index in [1.165, 1.54) is 12.1 Å². The molecular weight excluding hydrogens is 229 g/mol. The van der Waals surface area contributed by atoms with Gasteiger partial charge in [-0.25, -0.2) is 4.39 Å². The normalized spacial score (nSPS) is 9.78. The van der Waals surface area contributed by atoms with Gasteiger partial charge in [-0.3, -0.25) is 0 Å². The largest absolute Gasteiger partial charge is 0.398 e. The highest BCUT2D eigenvalue weighted by Gasteiger charge is 2.00. The molecule has 0 aliphatic carbocycles. The Morgan fingerprint density at radius 3 is 2.56 bits per heavy atom. The standard InChI is InChI=1S/C14H12FN3/c15-12-3-1-10(2-4-12)9-18-13-5-6-14(17)11(7-13)8-16/h1-7,18H,9,17H2. The van der Waals surface area contributed by atoms with Crippen LogP contribution in [-0.2, 0) is 6.54 Å². The monoisotopic (exact) mass is 241 g/mol. The van der Waals surface area contributed by atoms with Crippen molar-refractivity contribution in [3.8, 4) is 6.07 Å². The number of halogens is 1. The number of benzene rings is 2. The molecule has 2 aromatic rings. The van der Waals surface area contributed by atoms with Crippen molar-refractivity contribution >= 4 is 11.4 Å². The SMILES string of the molecule is N#Cc1cc(NCc2ccc(F)cc2)ccc1N. The van der Waals surface area contributed by atoms with Gasteiger partial charge in [-0.1, -0.05) is 12.1 Å². The van der Waals surface area contributed by atoms with Crippen molar-refractivity contribution in [1.82, 2.24) is 0 Å². The summed E-state index contributed by atoms with van der Waals surface area (Å²) in [6.45, 7) is 0.565. The summed E-state index contributed by atoms with van der Waals surface area (Å²) >= 11 is 0. The lowest BCUT2D eigenvalue weighted by Gasteiger charge is -2.07. The van der Waals surface area contributed by atoms with Gasteiger partial charge >= 0.3 is 0 Å². The van der Waals surface area contributed by atoms with Crippen LogP contribution < -0.4 is 11.1 Å². The minimum atomic E-state index is -0.252. The number of nitriles is 1. The summed E-state index contributed by atoms with van der Waals surface area (Å²) in [5.74, 6) is -0.252. The van der Waals surface area contributed by atoms with Crippen LogP contribution in [0.1, 0.15) is 11.1 Å². The smallest absolute Gasteiger partial charge is 0.123 e. The van der Waals surface area contributed by atoms with Crippen LogP contribution in [0.15, 0.2) is 42.5 Å². The number of hydrogen-bond donors (Lipinski definition) is 2. The molecular formula is C14H12FN3. The van der Waals surface area contributed by atoms with Crippen LogP contribution in [0, 0.1) is 17.1 Å². The Labute approximate surface area is 105 Å². The van der Waals surface area contributed by atoms with Crippen LogP contribution in [0.3, 0.4) is 0 Å². The fraction of sp³-hybridized carbons (Fsp3) is 0.0714. The summed E-state index contributed by atoms with van der Waals surface area (Å²) in [7, 11) is 0. The van der Waals surface area contributed by atoms with E-state index in [1.54, 1.807) is 30.3 Å². The molecule has 0 bridgehead atoms. The zero-order chi connectivity index (χ0) is 13.0. The molecule has 3 N–H and O–H groups in total. The molecule has 0 heterocycles. The van der Waals surface area contributed by atoms with E-state index < -0.39 is 0 Å². The Hall–Kier alpha value is -2.54. The summed E-state index contributed by atoms with van der Waals surface area (Å²) in [6, 6.07) is 13.5. The minimum Gasteiger partial charge on any atom is -0.398 e. The molecule has 0 amide bonds. The second-order valence-electron chi connectivity index (χ2n) is 3.89. The third-order valence-corrected chi connectivity index (χ3v) is 2.58. The van der Waals surface area contributed by atoms with E-state index in [2.05, 4.69) is 5.32 Å². The molecule has 3 nitrogen and oxygen atoms in total. The van der Waals surface area contributed by atoms with Crippen molar-refractivity contribution in [2.75, 3.05) is 11.1 Å². The maximum absolute atomic E-state index is 12.7. The summed E-state index contributed by atoms with van der Waals surface area (Å²) in [5.41, 5.74) is 8.31. The van der Waals surface area contributed by atoms with Crippen LogP contribution in [0.4, 0.5) is 15.8 Å². The predicted molar refractivity (Wildman–Crippen MR) is 69.3 cm³/mol. The lowest BCUT2D eigenvalue weighted by Crippen LogP contribution is -2.00. The molecule has 0 atom stereocenters. The van der Waals surface area contributed by atoms with Crippen LogP contribution in [-0.4, -0.2) is 0 Å². The zero-order valence-corrected chi connectivity index (χ0v) is 9.65. The van der Waals surface area contributed by atoms with Gasteiger partial charge in [0.15, 0.2) is 0 Å². The number of hydrogen-bond acceptors (Lipinski definition) is 3. The van der Waals surface area contributed by atoms with Crippen molar-refractivity contribution in [3.63, 3.8) is 0 Å². The summed E-state index contributed by atoms with van der Waals surface area (Å²) in [5, 5.41) is 12.0. The van der Waals surface area contributed by atoms with Crippen molar-refractivity contribution in [1.29, 1.82) is 5.26 Å².